The number of rotatable bonds is 5. The number of aryl methyl sites for hydroxylation is 2. The van der Waals surface area contributed by atoms with Gasteiger partial charge in [0.2, 0.25) is 5.91 Å². The molecular formula is C20H22N6O3. The number of amides is 1. The summed E-state index contributed by atoms with van der Waals surface area (Å²) in [5.41, 5.74) is 8.43. The van der Waals surface area contributed by atoms with E-state index in [-0.39, 0.29) is 17.4 Å². The summed E-state index contributed by atoms with van der Waals surface area (Å²) in [5.74, 6) is 1.34. The Labute approximate surface area is 166 Å². The summed E-state index contributed by atoms with van der Waals surface area (Å²) in [6.45, 7) is 1.32. The second-order valence-corrected chi connectivity index (χ2v) is 7.71. The van der Waals surface area contributed by atoms with E-state index in [2.05, 4.69) is 14.9 Å². The summed E-state index contributed by atoms with van der Waals surface area (Å²) in [5, 5.41) is 3.27. The number of aromatic nitrogens is 4. The molecule has 150 valence electrons. The Morgan fingerprint density at radius 1 is 1.38 bits per heavy atom. The molecule has 0 radical (unpaired) electrons. The topological polar surface area (TPSA) is 117 Å². The minimum Gasteiger partial charge on any atom is -0.491 e. The van der Waals surface area contributed by atoms with Gasteiger partial charge in [-0.1, -0.05) is 0 Å². The van der Waals surface area contributed by atoms with Gasteiger partial charge in [-0.25, -0.2) is 9.97 Å². The fourth-order valence-electron chi connectivity index (χ4n) is 3.88. The number of nitrogens with two attached hydrogens (primary N) is 1. The van der Waals surface area contributed by atoms with Gasteiger partial charge in [0.1, 0.15) is 23.0 Å². The molecule has 0 spiro atoms. The van der Waals surface area contributed by atoms with Gasteiger partial charge in [-0.3, -0.25) is 9.59 Å². The van der Waals surface area contributed by atoms with Crippen LogP contribution in [0, 0.1) is 5.92 Å². The zero-order chi connectivity index (χ0) is 20.1. The van der Waals surface area contributed by atoms with Crippen molar-refractivity contribution in [2.24, 2.45) is 18.7 Å². The summed E-state index contributed by atoms with van der Waals surface area (Å²) in [6.07, 6.45) is 5.82. The van der Waals surface area contributed by atoms with Crippen LogP contribution in [0.3, 0.4) is 0 Å². The average molecular weight is 394 g/mol. The van der Waals surface area contributed by atoms with E-state index in [1.807, 2.05) is 12.1 Å². The van der Waals surface area contributed by atoms with Crippen molar-refractivity contribution in [3.05, 3.63) is 34.9 Å². The van der Waals surface area contributed by atoms with Gasteiger partial charge in [0.15, 0.2) is 5.82 Å². The highest BCUT2D eigenvalue weighted by Crippen LogP contribution is 2.38. The molecule has 1 saturated carbocycles. The zero-order valence-electron chi connectivity index (χ0n) is 16.1. The molecule has 2 aliphatic rings. The van der Waals surface area contributed by atoms with Gasteiger partial charge in [-0.15, -0.1) is 0 Å². The molecule has 9 heteroatoms. The highest BCUT2D eigenvalue weighted by Gasteiger charge is 2.35. The quantitative estimate of drug-likeness (QED) is 0.673. The number of benzene rings is 1. The van der Waals surface area contributed by atoms with E-state index in [1.165, 1.54) is 10.8 Å². The number of carbonyl (C=O) groups is 1. The molecule has 5 rings (SSSR count). The van der Waals surface area contributed by atoms with Gasteiger partial charge in [-0.2, -0.15) is 0 Å². The van der Waals surface area contributed by atoms with Crippen LogP contribution in [-0.4, -0.2) is 37.7 Å². The summed E-state index contributed by atoms with van der Waals surface area (Å²) >= 11 is 0. The number of nitrogens with one attached hydrogen (secondary N) is 1. The Bertz CT molecular complexity index is 1180. The molecule has 9 nitrogen and oxygen atoms in total. The number of imidazole rings is 1. The van der Waals surface area contributed by atoms with Crippen LogP contribution < -0.4 is 21.3 Å². The van der Waals surface area contributed by atoms with Crippen molar-refractivity contribution in [2.45, 2.75) is 31.8 Å². The molecule has 29 heavy (non-hydrogen) atoms. The lowest BCUT2D eigenvalue weighted by Gasteiger charge is -2.17. The molecule has 1 aliphatic carbocycles. The van der Waals surface area contributed by atoms with E-state index in [1.54, 1.807) is 13.2 Å². The minimum absolute atomic E-state index is 0.172. The van der Waals surface area contributed by atoms with Crippen molar-refractivity contribution in [3.63, 3.8) is 0 Å². The van der Waals surface area contributed by atoms with Crippen molar-refractivity contribution >= 4 is 22.6 Å². The van der Waals surface area contributed by atoms with Crippen LogP contribution in [0.5, 0.6) is 5.75 Å². The fourth-order valence-corrected chi connectivity index (χ4v) is 3.88. The van der Waals surface area contributed by atoms with Gasteiger partial charge in [0.05, 0.1) is 18.3 Å². The number of carbonyl (C=O) groups excluding carboxylic acids is 1. The average Bonchev–Trinajstić information content (AvgIpc) is 3.48. The van der Waals surface area contributed by atoms with E-state index in [0.29, 0.717) is 23.9 Å². The number of primary amides is 1. The third-order valence-corrected chi connectivity index (χ3v) is 5.52. The first-order chi connectivity index (χ1) is 14.0. The van der Waals surface area contributed by atoms with Crippen LogP contribution in [-0.2, 0) is 18.4 Å². The van der Waals surface area contributed by atoms with Crippen molar-refractivity contribution in [1.82, 2.24) is 19.1 Å². The largest absolute Gasteiger partial charge is 0.491 e. The van der Waals surface area contributed by atoms with E-state index in [0.717, 1.165) is 42.5 Å². The maximum absolute atomic E-state index is 11.8. The maximum Gasteiger partial charge on any atom is 0.268 e. The normalized spacial score (nSPS) is 16.9. The Hall–Kier alpha value is -3.36. The highest BCUT2D eigenvalue weighted by molar-refractivity contribution is 5.90. The predicted octanol–water partition coefficient (Wildman–Crippen LogP) is 1.26. The molecule has 0 unspecified atom stereocenters. The zero-order valence-corrected chi connectivity index (χ0v) is 16.1. The van der Waals surface area contributed by atoms with Crippen molar-refractivity contribution < 1.29 is 9.53 Å². The first-order valence-electron chi connectivity index (χ1n) is 9.77. The molecule has 1 atom stereocenters. The molecule has 0 bridgehead atoms. The van der Waals surface area contributed by atoms with Crippen molar-refractivity contribution in [2.75, 3.05) is 11.9 Å². The van der Waals surface area contributed by atoms with Crippen LogP contribution in [0.25, 0.3) is 22.6 Å². The molecule has 1 fully saturated rings. The van der Waals surface area contributed by atoms with E-state index < -0.39 is 6.04 Å². The first-order valence-corrected chi connectivity index (χ1v) is 9.77. The summed E-state index contributed by atoms with van der Waals surface area (Å²) in [6, 6.07) is 3.42. The van der Waals surface area contributed by atoms with E-state index >= 15 is 0 Å². The Balaban J connectivity index is 1.63. The molecule has 0 saturated heterocycles. The second kappa shape index (κ2) is 6.61. The van der Waals surface area contributed by atoms with Gasteiger partial charge in [0, 0.05) is 31.5 Å². The number of hydrogen-bond donors (Lipinski definition) is 2. The molecule has 1 aromatic carbocycles. The summed E-state index contributed by atoms with van der Waals surface area (Å²) in [4.78, 5) is 32.6. The molecule has 2 aromatic heterocycles. The third-order valence-electron chi connectivity index (χ3n) is 5.52. The first kappa shape index (κ1) is 17.7. The van der Waals surface area contributed by atoms with Crippen LogP contribution in [0.4, 0.5) is 5.69 Å². The Morgan fingerprint density at radius 2 is 2.21 bits per heavy atom. The molecule has 3 aromatic rings. The molecule has 1 amide bonds. The van der Waals surface area contributed by atoms with E-state index in [9.17, 15) is 9.59 Å². The van der Waals surface area contributed by atoms with Gasteiger partial charge in [-0.05, 0) is 31.2 Å². The lowest BCUT2D eigenvalue weighted by atomic mass is 10.1. The number of ether oxygens (including phenoxy) is 1. The molecule has 3 N–H and O–H groups in total. The van der Waals surface area contributed by atoms with Crippen LogP contribution >= 0.6 is 0 Å². The lowest BCUT2D eigenvalue weighted by molar-refractivity contribution is -0.119. The number of nitrogens with zero attached hydrogens (tertiary/aromatic N) is 4. The van der Waals surface area contributed by atoms with Crippen LogP contribution in [0.2, 0.25) is 0 Å². The fraction of sp³-hybridized carbons (Fsp3) is 0.400. The minimum atomic E-state index is -0.391. The van der Waals surface area contributed by atoms with Crippen LogP contribution in [0.15, 0.2) is 29.3 Å². The molecular weight excluding hydrogens is 372 g/mol. The van der Waals surface area contributed by atoms with Gasteiger partial charge in [0.25, 0.3) is 5.56 Å². The van der Waals surface area contributed by atoms with Gasteiger partial charge >= 0.3 is 0 Å². The Morgan fingerprint density at radius 3 is 2.93 bits per heavy atom. The van der Waals surface area contributed by atoms with Crippen molar-refractivity contribution in [1.29, 1.82) is 0 Å². The SMILES string of the molecule is Cn1cc(-c2nc3cc(N[C@H](C(N)=O)C4CC4)cc4c3n2CCCO4)ncc1=O. The Kier molecular flexibility index (Phi) is 4.04. The van der Waals surface area contributed by atoms with Crippen LogP contribution in [0.1, 0.15) is 19.3 Å². The second-order valence-electron chi connectivity index (χ2n) is 7.71. The molecule has 3 heterocycles. The third kappa shape index (κ3) is 3.12. The monoisotopic (exact) mass is 394 g/mol. The maximum atomic E-state index is 11.8. The van der Waals surface area contributed by atoms with Crippen molar-refractivity contribution in [3.8, 4) is 17.3 Å². The number of anilines is 1. The lowest BCUT2D eigenvalue weighted by Crippen LogP contribution is -2.37. The summed E-state index contributed by atoms with van der Waals surface area (Å²) < 4.78 is 9.55. The summed E-state index contributed by atoms with van der Waals surface area (Å²) in [7, 11) is 1.69. The standard InChI is InChI=1S/C20H22N6O3/c1-25-10-14(22-9-16(25)27)20-24-13-7-12(23-17(19(21)28)11-3-4-11)8-15-18(13)26(20)5-2-6-29-15/h7-11,17,23H,2-6H2,1H3,(H2,21,28)/t17-/m0/s1. The van der Waals surface area contributed by atoms with Gasteiger partial charge < -0.3 is 24.9 Å². The smallest absolute Gasteiger partial charge is 0.268 e. The highest BCUT2D eigenvalue weighted by atomic mass is 16.5. The molecule has 1 aliphatic heterocycles. The number of hydrogen-bond acceptors (Lipinski definition) is 6. The predicted molar refractivity (Wildman–Crippen MR) is 108 cm³/mol. The van der Waals surface area contributed by atoms with E-state index in [4.69, 9.17) is 15.5 Å².